The van der Waals surface area contributed by atoms with Gasteiger partial charge in [-0.25, -0.2) is 0 Å². The van der Waals surface area contributed by atoms with Gasteiger partial charge in [0.2, 0.25) is 0 Å². The van der Waals surface area contributed by atoms with E-state index >= 15 is 0 Å². The summed E-state index contributed by atoms with van der Waals surface area (Å²) in [5.41, 5.74) is 3.50. The summed E-state index contributed by atoms with van der Waals surface area (Å²) in [6.45, 7) is 4.85. The Morgan fingerprint density at radius 3 is 2.17 bits per heavy atom. The fraction of sp³-hybridized carbons (Fsp3) is 0.360. The van der Waals surface area contributed by atoms with Gasteiger partial charge >= 0.3 is 0 Å². The van der Waals surface area contributed by atoms with Gasteiger partial charge in [-0.15, -0.1) is 10.2 Å². The number of unbranched alkanes of at least 4 members (excludes halogenated alkanes) is 4. The summed E-state index contributed by atoms with van der Waals surface area (Å²) in [5.74, 6) is 0.888. The number of nitrogens with zero attached hydrogens (tertiary/aromatic N) is 2. The number of hydrogen-bond acceptors (Lipinski definition) is 4. The molecule has 0 aliphatic rings. The molecule has 0 N–H and O–H groups in total. The van der Waals surface area contributed by atoms with Gasteiger partial charge in [0, 0.05) is 12.0 Å². The molecule has 0 unspecified atom stereocenters. The second-order valence-electron chi connectivity index (χ2n) is 7.15. The van der Waals surface area contributed by atoms with Gasteiger partial charge in [-0.2, -0.15) is 0 Å². The van der Waals surface area contributed by atoms with Gasteiger partial charge in [0.15, 0.2) is 0 Å². The van der Waals surface area contributed by atoms with E-state index in [1.807, 2.05) is 31.2 Å². The van der Waals surface area contributed by atoms with E-state index in [4.69, 9.17) is 4.74 Å². The molecule has 0 spiro atoms. The average molecular weight is 407 g/mol. The Bertz CT molecular complexity index is 882. The Morgan fingerprint density at radius 1 is 0.828 bits per heavy atom. The third-order valence-electron chi connectivity index (χ3n) is 4.86. The molecule has 0 atom stereocenters. The van der Waals surface area contributed by atoms with E-state index < -0.39 is 0 Å². The van der Waals surface area contributed by atoms with Crippen LogP contribution in [0.2, 0.25) is 0 Å². The highest BCUT2D eigenvalue weighted by Gasteiger charge is 2.07. The second-order valence-corrected chi connectivity index (χ2v) is 8.21. The van der Waals surface area contributed by atoms with Crippen molar-refractivity contribution < 1.29 is 4.74 Å². The van der Waals surface area contributed by atoms with Crippen LogP contribution in [0.15, 0.2) is 60.7 Å². The van der Waals surface area contributed by atoms with Crippen molar-refractivity contribution in [1.29, 1.82) is 0 Å². The first-order valence-corrected chi connectivity index (χ1v) is 11.4. The zero-order chi connectivity index (χ0) is 20.3. The van der Waals surface area contributed by atoms with Crippen molar-refractivity contribution in [1.82, 2.24) is 10.2 Å². The van der Waals surface area contributed by atoms with Gasteiger partial charge in [-0.3, -0.25) is 0 Å². The Labute approximate surface area is 178 Å². The molecule has 0 saturated heterocycles. The third-order valence-corrected chi connectivity index (χ3v) is 5.89. The Kier molecular flexibility index (Phi) is 8.44. The molecule has 0 aliphatic carbocycles. The van der Waals surface area contributed by atoms with Gasteiger partial charge < -0.3 is 4.74 Å². The largest absolute Gasteiger partial charge is 0.490 e. The number of aryl methyl sites for hydroxylation is 1. The van der Waals surface area contributed by atoms with Crippen LogP contribution in [-0.2, 0) is 6.42 Å². The lowest BCUT2D eigenvalue weighted by Gasteiger charge is -2.06. The van der Waals surface area contributed by atoms with Crippen LogP contribution in [0.3, 0.4) is 0 Å². The highest BCUT2D eigenvalue weighted by molar-refractivity contribution is 7.14. The van der Waals surface area contributed by atoms with Crippen molar-refractivity contribution in [2.24, 2.45) is 0 Å². The fourth-order valence-electron chi connectivity index (χ4n) is 3.14. The molecule has 152 valence electrons. The highest BCUT2D eigenvalue weighted by atomic mass is 32.1. The molecule has 1 heterocycles. The predicted molar refractivity (Wildman–Crippen MR) is 124 cm³/mol. The molecule has 4 heteroatoms. The second kappa shape index (κ2) is 11.5. The van der Waals surface area contributed by atoms with E-state index in [1.54, 1.807) is 11.3 Å². The number of allylic oxidation sites excluding steroid dienone is 1. The van der Waals surface area contributed by atoms with Gasteiger partial charge in [-0.05, 0) is 36.6 Å². The highest BCUT2D eigenvalue weighted by Crippen LogP contribution is 2.28. The summed E-state index contributed by atoms with van der Waals surface area (Å²) in [7, 11) is 0. The van der Waals surface area contributed by atoms with E-state index in [9.17, 15) is 0 Å². The molecule has 3 aromatic rings. The van der Waals surface area contributed by atoms with Crippen molar-refractivity contribution in [3.05, 3.63) is 65.7 Å². The molecule has 29 heavy (non-hydrogen) atoms. The van der Waals surface area contributed by atoms with Crippen LogP contribution in [0.4, 0.5) is 0 Å². The first-order chi connectivity index (χ1) is 14.3. The van der Waals surface area contributed by atoms with Crippen LogP contribution >= 0.6 is 11.3 Å². The summed E-state index contributed by atoms with van der Waals surface area (Å²) in [5, 5.41) is 10.9. The van der Waals surface area contributed by atoms with Crippen molar-refractivity contribution in [2.45, 2.75) is 52.4 Å². The lowest BCUT2D eigenvalue weighted by atomic mass is 10.0. The van der Waals surface area contributed by atoms with Crippen LogP contribution in [-0.4, -0.2) is 16.8 Å². The summed E-state index contributed by atoms with van der Waals surface area (Å²) >= 11 is 1.72. The number of benzene rings is 2. The molecule has 0 fully saturated rings. The van der Waals surface area contributed by atoms with Crippen LogP contribution in [0.25, 0.3) is 21.7 Å². The third kappa shape index (κ3) is 6.53. The van der Waals surface area contributed by atoms with E-state index in [2.05, 4.69) is 53.5 Å². The number of ether oxygens (including phenoxy) is 1. The minimum atomic E-state index is 0.604. The van der Waals surface area contributed by atoms with Gasteiger partial charge in [-0.1, -0.05) is 92.5 Å². The molecule has 0 amide bonds. The molecule has 0 radical (unpaired) electrons. The Balaban J connectivity index is 1.57. The number of hydrogen-bond donors (Lipinski definition) is 0. The summed E-state index contributed by atoms with van der Waals surface area (Å²) in [6, 6.07) is 16.8. The molecule has 0 bridgehead atoms. The first kappa shape index (κ1) is 21.3. The zero-order valence-electron chi connectivity index (χ0n) is 17.4. The molecule has 0 aliphatic heterocycles. The molecule has 3 rings (SSSR count). The van der Waals surface area contributed by atoms with Crippen molar-refractivity contribution >= 4 is 11.3 Å². The maximum absolute atomic E-state index is 5.66. The van der Waals surface area contributed by atoms with Crippen LogP contribution in [0.5, 0.6) is 5.75 Å². The van der Waals surface area contributed by atoms with E-state index in [0.29, 0.717) is 6.61 Å². The SMILES string of the molecule is CC=CCOc1ccc(-c2ccc(-c3nnc(CCCCCCC)s3)cc2)cc1. The topological polar surface area (TPSA) is 35.0 Å². The summed E-state index contributed by atoms with van der Waals surface area (Å²) < 4.78 is 5.66. The van der Waals surface area contributed by atoms with Crippen LogP contribution in [0, 0.1) is 0 Å². The van der Waals surface area contributed by atoms with E-state index in [0.717, 1.165) is 27.7 Å². The van der Waals surface area contributed by atoms with Crippen LogP contribution in [0.1, 0.15) is 51.0 Å². The number of rotatable bonds is 11. The maximum Gasteiger partial charge on any atom is 0.147 e. The quantitative estimate of drug-likeness (QED) is 0.247. The lowest BCUT2D eigenvalue weighted by molar-refractivity contribution is 0.363. The molecule has 2 aromatic carbocycles. The minimum absolute atomic E-state index is 0.604. The van der Waals surface area contributed by atoms with Crippen LogP contribution < -0.4 is 4.74 Å². The zero-order valence-corrected chi connectivity index (χ0v) is 18.3. The summed E-state index contributed by atoms with van der Waals surface area (Å²) in [6.07, 6.45) is 11.5. The normalized spacial score (nSPS) is 11.2. The van der Waals surface area contributed by atoms with Crippen molar-refractivity contribution in [3.8, 4) is 27.4 Å². The molecule has 0 saturated carbocycles. The van der Waals surface area contributed by atoms with Gasteiger partial charge in [0.05, 0.1) is 0 Å². The predicted octanol–water partition coefficient (Wildman–Crippen LogP) is 7.34. The smallest absolute Gasteiger partial charge is 0.147 e. The van der Waals surface area contributed by atoms with E-state index in [1.165, 1.54) is 43.2 Å². The Hall–Kier alpha value is -2.46. The lowest BCUT2D eigenvalue weighted by Crippen LogP contribution is -1.92. The average Bonchev–Trinajstić information content (AvgIpc) is 3.23. The van der Waals surface area contributed by atoms with E-state index in [-0.39, 0.29) is 0 Å². The van der Waals surface area contributed by atoms with Crippen molar-refractivity contribution in [3.63, 3.8) is 0 Å². The molecule has 1 aromatic heterocycles. The fourth-order valence-corrected chi connectivity index (χ4v) is 4.03. The number of aromatic nitrogens is 2. The van der Waals surface area contributed by atoms with Gasteiger partial charge in [0.1, 0.15) is 22.4 Å². The van der Waals surface area contributed by atoms with Crippen molar-refractivity contribution in [2.75, 3.05) is 6.61 Å². The summed E-state index contributed by atoms with van der Waals surface area (Å²) in [4.78, 5) is 0. The molecule has 3 nitrogen and oxygen atoms in total. The minimum Gasteiger partial charge on any atom is -0.490 e. The standard InChI is InChI=1S/C25H30N2OS/c1-3-5-7-8-9-10-24-26-27-25(29-24)22-13-11-20(12-14-22)21-15-17-23(18-16-21)28-19-6-4-2/h4,6,11-18H,3,5,7-10,19H2,1-2H3. The van der Waals surface area contributed by atoms with Gasteiger partial charge in [0.25, 0.3) is 0 Å². The maximum atomic E-state index is 5.66. The monoisotopic (exact) mass is 406 g/mol. The molecular formula is C25H30N2OS. The Morgan fingerprint density at radius 2 is 1.48 bits per heavy atom. The first-order valence-electron chi connectivity index (χ1n) is 10.6. The molecular weight excluding hydrogens is 376 g/mol.